The van der Waals surface area contributed by atoms with Crippen LogP contribution in [0.4, 0.5) is 0 Å². The number of amides is 1. The summed E-state index contributed by atoms with van der Waals surface area (Å²) in [6.07, 6.45) is 11.7. The molecule has 0 atom stereocenters. The van der Waals surface area contributed by atoms with Gasteiger partial charge in [-0.15, -0.1) is 0 Å². The molecular formula is C21H22N6O2. The van der Waals surface area contributed by atoms with Crippen molar-refractivity contribution in [1.29, 1.82) is 0 Å². The van der Waals surface area contributed by atoms with Crippen molar-refractivity contribution in [2.24, 2.45) is 5.92 Å². The molecule has 8 heteroatoms. The van der Waals surface area contributed by atoms with Gasteiger partial charge in [0, 0.05) is 37.1 Å². The molecule has 1 aliphatic carbocycles. The molecule has 0 N–H and O–H groups in total. The first-order chi connectivity index (χ1) is 14.2. The lowest BCUT2D eigenvalue weighted by atomic mass is 9.73. The quantitative estimate of drug-likeness (QED) is 0.660. The van der Waals surface area contributed by atoms with Crippen molar-refractivity contribution in [1.82, 2.24) is 30.0 Å². The zero-order chi connectivity index (χ0) is 19.7. The van der Waals surface area contributed by atoms with Crippen molar-refractivity contribution in [3.63, 3.8) is 0 Å². The number of aromatic nitrogens is 5. The summed E-state index contributed by atoms with van der Waals surface area (Å²) in [5.74, 6) is 1.94. The molecule has 0 spiro atoms. The molecule has 1 saturated heterocycles. The average Bonchev–Trinajstić information content (AvgIpc) is 3.45. The Labute approximate surface area is 168 Å². The number of hydrogen-bond acceptors (Lipinski definition) is 7. The second-order valence-electron chi connectivity index (χ2n) is 7.98. The number of rotatable bonds is 5. The van der Waals surface area contributed by atoms with E-state index in [4.69, 9.17) is 9.51 Å². The van der Waals surface area contributed by atoms with E-state index < -0.39 is 0 Å². The Morgan fingerprint density at radius 1 is 1.17 bits per heavy atom. The van der Waals surface area contributed by atoms with Gasteiger partial charge in [0.15, 0.2) is 5.82 Å². The molecule has 4 heterocycles. The molecule has 3 aromatic rings. The number of nitrogens with zero attached hydrogens (tertiary/aromatic N) is 6. The molecule has 2 aliphatic rings. The molecule has 148 valence electrons. The molecule has 3 aromatic heterocycles. The normalized spacial score (nSPS) is 18.6. The summed E-state index contributed by atoms with van der Waals surface area (Å²) in [5.41, 5.74) is 1.12. The third kappa shape index (κ3) is 3.62. The van der Waals surface area contributed by atoms with Crippen molar-refractivity contribution >= 4 is 5.91 Å². The van der Waals surface area contributed by atoms with Crippen LogP contribution in [0.1, 0.15) is 48.4 Å². The fourth-order valence-corrected chi connectivity index (χ4v) is 4.16. The van der Waals surface area contributed by atoms with Gasteiger partial charge in [-0.1, -0.05) is 18.0 Å². The Bertz CT molecular complexity index is 979. The van der Waals surface area contributed by atoms with Gasteiger partial charge >= 0.3 is 0 Å². The first-order valence-electron chi connectivity index (χ1n) is 10.0. The minimum Gasteiger partial charge on any atom is -0.337 e. The molecule has 0 bridgehead atoms. The zero-order valence-electron chi connectivity index (χ0n) is 16.1. The SMILES string of the molecule is O=C(c1ccncn1)N1CCC(CC2CC2)(c2noc(-c3cccnc3)n2)CC1. The summed E-state index contributed by atoms with van der Waals surface area (Å²) in [6, 6.07) is 5.44. The van der Waals surface area contributed by atoms with E-state index in [-0.39, 0.29) is 11.3 Å². The van der Waals surface area contributed by atoms with Gasteiger partial charge < -0.3 is 9.42 Å². The lowest BCUT2D eigenvalue weighted by Gasteiger charge is -2.40. The topological polar surface area (TPSA) is 97.9 Å². The molecule has 1 amide bonds. The molecule has 5 rings (SSSR count). The van der Waals surface area contributed by atoms with Crippen LogP contribution in [0.15, 0.2) is 47.6 Å². The monoisotopic (exact) mass is 390 g/mol. The van der Waals surface area contributed by atoms with Crippen molar-refractivity contribution < 1.29 is 9.32 Å². The Morgan fingerprint density at radius 2 is 2.03 bits per heavy atom. The van der Waals surface area contributed by atoms with Crippen molar-refractivity contribution in [3.8, 4) is 11.5 Å². The zero-order valence-corrected chi connectivity index (χ0v) is 16.1. The summed E-state index contributed by atoms with van der Waals surface area (Å²) in [6.45, 7) is 1.32. The van der Waals surface area contributed by atoms with Crippen LogP contribution in [0, 0.1) is 5.92 Å². The van der Waals surface area contributed by atoms with Gasteiger partial charge in [0.2, 0.25) is 0 Å². The number of carbonyl (C=O) groups excluding carboxylic acids is 1. The van der Waals surface area contributed by atoms with Crippen LogP contribution in [0.5, 0.6) is 0 Å². The van der Waals surface area contributed by atoms with E-state index >= 15 is 0 Å². The van der Waals surface area contributed by atoms with E-state index in [1.165, 1.54) is 19.2 Å². The van der Waals surface area contributed by atoms with Crippen LogP contribution in [-0.2, 0) is 5.41 Å². The molecule has 0 radical (unpaired) electrons. The van der Waals surface area contributed by atoms with Gasteiger partial charge in [-0.3, -0.25) is 9.78 Å². The van der Waals surface area contributed by atoms with E-state index in [1.54, 1.807) is 24.7 Å². The lowest BCUT2D eigenvalue weighted by Crippen LogP contribution is -2.46. The number of piperidine rings is 1. The highest BCUT2D eigenvalue weighted by atomic mass is 16.5. The van der Waals surface area contributed by atoms with E-state index in [0.29, 0.717) is 24.7 Å². The smallest absolute Gasteiger partial charge is 0.272 e. The average molecular weight is 390 g/mol. The van der Waals surface area contributed by atoms with Crippen LogP contribution in [0.25, 0.3) is 11.5 Å². The first kappa shape index (κ1) is 17.9. The summed E-state index contributed by atoms with van der Waals surface area (Å²) in [5, 5.41) is 4.36. The fourth-order valence-electron chi connectivity index (χ4n) is 4.16. The number of pyridine rings is 1. The number of likely N-dealkylation sites (tertiary alicyclic amines) is 1. The Morgan fingerprint density at radius 3 is 2.72 bits per heavy atom. The van der Waals surface area contributed by atoms with Gasteiger partial charge in [0.25, 0.3) is 11.8 Å². The highest BCUT2D eigenvalue weighted by Crippen LogP contribution is 2.46. The van der Waals surface area contributed by atoms with Crippen LogP contribution in [0.2, 0.25) is 0 Å². The van der Waals surface area contributed by atoms with Crippen LogP contribution >= 0.6 is 0 Å². The third-order valence-corrected chi connectivity index (χ3v) is 5.99. The molecule has 1 saturated carbocycles. The highest BCUT2D eigenvalue weighted by Gasteiger charge is 2.45. The van der Waals surface area contributed by atoms with Crippen LogP contribution in [0.3, 0.4) is 0 Å². The van der Waals surface area contributed by atoms with Crippen molar-refractivity contribution in [2.75, 3.05) is 13.1 Å². The molecule has 0 unspecified atom stereocenters. The van der Waals surface area contributed by atoms with Gasteiger partial charge in [-0.05, 0) is 43.4 Å². The minimum absolute atomic E-state index is 0.0448. The van der Waals surface area contributed by atoms with Gasteiger partial charge in [0.05, 0.1) is 5.56 Å². The maximum Gasteiger partial charge on any atom is 0.272 e. The molecule has 2 fully saturated rings. The van der Waals surface area contributed by atoms with E-state index in [2.05, 4.69) is 20.1 Å². The predicted octanol–water partition coefficient (Wildman–Crippen LogP) is 2.90. The maximum absolute atomic E-state index is 12.7. The lowest BCUT2D eigenvalue weighted by molar-refractivity contribution is 0.0639. The van der Waals surface area contributed by atoms with Gasteiger partial charge in [0.1, 0.15) is 12.0 Å². The third-order valence-electron chi connectivity index (χ3n) is 5.99. The second kappa shape index (κ2) is 7.35. The molecule has 0 aromatic carbocycles. The van der Waals surface area contributed by atoms with Crippen molar-refractivity contribution in [2.45, 2.75) is 37.5 Å². The molecule has 29 heavy (non-hydrogen) atoms. The standard InChI is InChI=1S/C21H22N6O2/c28-19(17-5-9-23-14-24-17)27-10-6-21(7-11-27,12-15-3-4-15)20-25-18(29-26-20)16-2-1-8-22-13-16/h1-2,5,8-9,13-15H,3-4,6-7,10-12H2. The van der Waals surface area contributed by atoms with Crippen LogP contribution in [-0.4, -0.2) is 49.0 Å². The Kier molecular flexibility index (Phi) is 4.54. The molecule has 8 nitrogen and oxygen atoms in total. The van der Waals surface area contributed by atoms with Gasteiger partial charge in [-0.25, -0.2) is 9.97 Å². The minimum atomic E-state index is -0.145. The number of hydrogen-bond donors (Lipinski definition) is 0. The first-order valence-corrected chi connectivity index (χ1v) is 10.0. The summed E-state index contributed by atoms with van der Waals surface area (Å²) < 4.78 is 5.58. The summed E-state index contributed by atoms with van der Waals surface area (Å²) >= 11 is 0. The van der Waals surface area contributed by atoms with Crippen molar-refractivity contribution in [3.05, 3.63) is 54.6 Å². The maximum atomic E-state index is 12.7. The van der Waals surface area contributed by atoms with Gasteiger partial charge in [-0.2, -0.15) is 4.98 Å². The summed E-state index contributed by atoms with van der Waals surface area (Å²) in [7, 11) is 0. The summed E-state index contributed by atoms with van der Waals surface area (Å²) in [4.78, 5) is 31.5. The highest BCUT2D eigenvalue weighted by molar-refractivity contribution is 5.92. The van der Waals surface area contributed by atoms with E-state index in [9.17, 15) is 4.79 Å². The number of carbonyl (C=O) groups is 1. The molecular weight excluding hydrogens is 368 g/mol. The Balaban J connectivity index is 1.36. The van der Waals surface area contributed by atoms with E-state index in [1.807, 2.05) is 17.0 Å². The molecule has 1 aliphatic heterocycles. The van der Waals surface area contributed by atoms with Crippen LogP contribution < -0.4 is 0 Å². The second-order valence-corrected chi connectivity index (χ2v) is 7.98. The Hall–Kier alpha value is -3.16. The van der Waals surface area contributed by atoms with E-state index in [0.717, 1.165) is 36.6 Å². The largest absolute Gasteiger partial charge is 0.337 e. The fraction of sp³-hybridized carbons (Fsp3) is 0.429. The predicted molar refractivity (Wildman–Crippen MR) is 104 cm³/mol.